The van der Waals surface area contributed by atoms with Crippen LogP contribution in [0.15, 0.2) is 18.2 Å². The third-order valence-electron chi connectivity index (χ3n) is 2.66. The minimum atomic E-state index is -0.295. The predicted molar refractivity (Wildman–Crippen MR) is 76.3 cm³/mol. The van der Waals surface area contributed by atoms with Gasteiger partial charge in [-0.3, -0.25) is 9.59 Å². The first-order chi connectivity index (χ1) is 8.97. The van der Waals surface area contributed by atoms with E-state index in [0.29, 0.717) is 29.2 Å². The fraction of sp³-hybridized carbons (Fsp3) is 0.385. The van der Waals surface area contributed by atoms with Crippen molar-refractivity contribution >= 4 is 29.1 Å². The molecule has 0 aliphatic rings. The Balaban J connectivity index is 2.80. The molecule has 104 valence electrons. The standard InChI is InChI=1S/C13H18ClN3O2/c1-8(7-15)5-12(18)17-9-3-4-11(14)10(6-9)13(19)16-2/h3-4,6,8H,5,7,15H2,1-2H3,(H,16,19)(H,17,18). The van der Waals surface area contributed by atoms with E-state index in [1.165, 1.54) is 7.05 Å². The van der Waals surface area contributed by atoms with Crippen molar-refractivity contribution in [3.8, 4) is 0 Å². The summed E-state index contributed by atoms with van der Waals surface area (Å²) in [6.07, 6.45) is 0.342. The minimum Gasteiger partial charge on any atom is -0.355 e. The van der Waals surface area contributed by atoms with E-state index in [1.807, 2.05) is 6.92 Å². The van der Waals surface area contributed by atoms with E-state index in [4.69, 9.17) is 17.3 Å². The number of carbonyl (C=O) groups excluding carboxylic acids is 2. The molecule has 0 fully saturated rings. The average Bonchev–Trinajstić information content (AvgIpc) is 2.39. The Kier molecular flexibility index (Phi) is 5.79. The van der Waals surface area contributed by atoms with Crippen molar-refractivity contribution in [2.24, 2.45) is 11.7 Å². The molecule has 0 saturated carbocycles. The number of nitrogens with two attached hydrogens (primary N) is 1. The molecule has 0 aliphatic heterocycles. The number of rotatable bonds is 5. The van der Waals surface area contributed by atoms with Gasteiger partial charge in [0.05, 0.1) is 10.6 Å². The Morgan fingerprint density at radius 1 is 1.42 bits per heavy atom. The second-order valence-corrected chi connectivity index (χ2v) is 4.77. The van der Waals surface area contributed by atoms with Gasteiger partial charge >= 0.3 is 0 Å². The van der Waals surface area contributed by atoms with Gasteiger partial charge in [0, 0.05) is 19.2 Å². The SMILES string of the molecule is CNC(=O)c1cc(NC(=O)CC(C)CN)ccc1Cl. The molecule has 6 heteroatoms. The maximum atomic E-state index is 11.7. The molecular formula is C13H18ClN3O2. The largest absolute Gasteiger partial charge is 0.355 e. The van der Waals surface area contributed by atoms with Gasteiger partial charge in [0.25, 0.3) is 5.91 Å². The van der Waals surface area contributed by atoms with Gasteiger partial charge < -0.3 is 16.4 Å². The van der Waals surface area contributed by atoms with Crippen LogP contribution >= 0.6 is 11.6 Å². The molecule has 4 N–H and O–H groups in total. The molecule has 2 amide bonds. The van der Waals surface area contributed by atoms with Crippen molar-refractivity contribution in [2.45, 2.75) is 13.3 Å². The van der Waals surface area contributed by atoms with E-state index in [-0.39, 0.29) is 17.7 Å². The van der Waals surface area contributed by atoms with Gasteiger partial charge in [0.15, 0.2) is 0 Å². The number of hydrogen-bond acceptors (Lipinski definition) is 3. The predicted octanol–water partition coefficient (Wildman–Crippen LogP) is 1.62. The van der Waals surface area contributed by atoms with E-state index in [1.54, 1.807) is 18.2 Å². The summed E-state index contributed by atoms with van der Waals surface area (Å²) in [6.45, 7) is 2.36. The normalized spacial score (nSPS) is 11.8. The molecule has 0 radical (unpaired) electrons. The number of anilines is 1. The highest BCUT2D eigenvalue weighted by atomic mass is 35.5. The van der Waals surface area contributed by atoms with Gasteiger partial charge in [0.1, 0.15) is 0 Å². The Morgan fingerprint density at radius 2 is 2.11 bits per heavy atom. The molecule has 0 bridgehead atoms. The molecule has 5 nitrogen and oxygen atoms in total. The summed E-state index contributed by atoms with van der Waals surface area (Å²) in [5.74, 6) is -0.315. The highest BCUT2D eigenvalue weighted by Crippen LogP contribution is 2.20. The summed E-state index contributed by atoms with van der Waals surface area (Å²) in [5.41, 5.74) is 6.33. The van der Waals surface area contributed by atoms with Gasteiger partial charge in [-0.05, 0) is 30.7 Å². The number of amides is 2. The van der Waals surface area contributed by atoms with Crippen LogP contribution in [0, 0.1) is 5.92 Å². The van der Waals surface area contributed by atoms with Gasteiger partial charge in [-0.1, -0.05) is 18.5 Å². The summed E-state index contributed by atoms with van der Waals surface area (Å²) in [7, 11) is 1.52. The Hall–Kier alpha value is -1.59. The smallest absolute Gasteiger partial charge is 0.252 e. The molecule has 1 unspecified atom stereocenters. The van der Waals surface area contributed by atoms with Crippen LogP contribution in [0.25, 0.3) is 0 Å². The van der Waals surface area contributed by atoms with Crippen LogP contribution < -0.4 is 16.4 Å². The zero-order valence-electron chi connectivity index (χ0n) is 11.0. The summed E-state index contributed by atoms with van der Waals surface area (Å²) in [6, 6.07) is 4.78. The maximum absolute atomic E-state index is 11.7. The Morgan fingerprint density at radius 3 is 2.68 bits per heavy atom. The van der Waals surface area contributed by atoms with Crippen LogP contribution in [0.2, 0.25) is 5.02 Å². The monoisotopic (exact) mass is 283 g/mol. The molecule has 0 aliphatic carbocycles. The summed E-state index contributed by atoms with van der Waals surface area (Å²) < 4.78 is 0. The van der Waals surface area contributed by atoms with Crippen LogP contribution in [0.5, 0.6) is 0 Å². The van der Waals surface area contributed by atoms with Gasteiger partial charge in [-0.25, -0.2) is 0 Å². The van der Waals surface area contributed by atoms with Gasteiger partial charge in [-0.2, -0.15) is 0 Å². The number of hydrogen-bond donors (Lipinski definition) is 3. The Bertz CT molecular complexity index is 477. The van der Waals surface area contributed by atoms with Gasteiger partial charge in [0.2, 0.25) is 5.91 Å². The Labute approximate surface area is 117 Å². The molecule has 0 aromatic heterocycles. The lowest BCUT2D eigenvalue weighted by Gasteiger charge is -2.10. The fourth-order valence-corrected chi connectivity index (χ4v) is 1.73. The average molecular weight is 284 g/mol. The van der Waals surface area contributed by atoms with E-state index >= 15 is 0 Å². The lowest BCUT2D eigenvalue weighted by Crippen LogP contribution is -2.21. The van der Waals surface area contributed by atoms with Crippen LogP contribution in [-0.2, 0) is 4.79 Å². The first kappa shape index (κ1) is 15.5. The van der Waals surface area contributed by atoms with Crippen LogP contribution in [0.1, 0.15) is 23.7 Å². The lowest BCUT2D eigenvalue weighted by atomic mass is 10.1. The first-order valence-corrected chi connectivity index (χ1v) is 6.37. The summed E-state index contributed by atoms with van der Waals surface area (Å²) >= 11 is 5.92. The molecular weight excluding hydrogens is 266 g/mol. The van der Waals surface area contributed by atoms with Crippen molar-refractivity contribution in [1.29, 1.82) is 0 Å². The molecule has 19 heavy (non-hydrogen) atoms. The van der Waals surface area contributed by atoms with Crippen LogP contribution in [-0.4, -0.2) is 25.4 Å². The van der Waals surface area contributed by atoms with Crippen LogP contribution in [0.4, 0.5) is 5.69 Å². The molecule has 0 heterocycles. The molecule has 0 saturated heterocycles. The fourth-order valence-electron chi connectivity index (χ4n) is 1.52. The molecule has 0 spiro atoms. The first-order valence-electron chi connectivity index (χ1n) is 5.99. The second-order valence-electron chi connectivity index (χ2n) is 4.37. The van der Waals surface area contributed by atoms with Gasteiger partial charge in [-0.15, -0.1) is 0 Å². The highest BCUT2D eigenvalue weighted by Gasteiger charge is 2.12. The van der Waals surface area contributed by atoms with E-state index in [9.17, 15) is 9.59 Å². The van der Waals surface area contributed by atoms with E-state index in [2.05, 4.69) is 10.6 Å². The van der Waals surface area contributed by atoms with Crippen molar-refractivity contribution in [1.82, 2.24) is 5.32 Å². The van der Waals surface area contributed by atoms with Crippen molar-refractivity contribution < 1.29 is 9.59 Å². The van der Waals surface area contributed by atoms with E-state index < -0.39 is 0 Å². The lowest BCUT2D eigenvalue weighted by molar-refractivity contribution is -0.116. The van der Waals surface area contributed by atoms with Crippen molar-refractivity contribution in [2.75, 3.05) is 18.9 Å². The molecule has 1 rings (SSSR count). The quantitative estimate of drug-likeness (QED) is 0.768. The number of halogens is 1. The summed E-state index contributed by atoms with van der Waals surface area (Å²) in [4.78, 5) is 23.3. The summed E-state index contributed by atoms with van der Waals surface area (Å²) in [5, 5.41) is 5.55. The molecule has 1 aromatic carbocycles. The third-order valence-corrected chi connectivity index (χ3v) is 2.99. The van der Waals surface area contributed by atoms with Crippen molar-refractivity contribution in [3.63, 3.8) is 0 Å². The molecule has 1 aromatic rings. The topological polar surface area (TPSA) is 84.2 Å². The van der Waals surface area contributed by atoms with Crippen LogP contribution in [0.3, 0.4) is 0 Å². The zero-order valence-corrected chi connectivity index (χ0v) is 11.8. The maximum Gasteiger partial charge on any atom is 0.252 e. The number of carbonyl (C=O) groups is 2. The zero-order chi connectivity index (χ0) is 14.4. The second kappa shape index (κ2) is 7.11. The van der Waals surface area contributed by atoms with E-state index in [0.717, 1.165) is 0 Å². The minimum absolute atomic E-state index is 0.116. The number of nitrogens with one attached hydrogen (secondary N) is 2. The third kappa shape index (κ3) is 4.54. The van der Waals surface area contributed by atoms with Crippen molar-refractivity contribution in [3.05, 3.63) is 28.8 Å². The molecule has 1 atom stereocenters. The number of benzene rings is 1. The highest BCUT2D eigenvalue weighted by molar-refractivity contribution is 6.34.